The van der Waals surface area contributed by atoms with Crippen LogP contribution in [-0.4, -0.2) is 0 Å². The summed E-state index contributed by atoms with van der Waals surface area (Å²) >= 11 is 0. The Bertz CT molecular complexity index is 1560. The maximum atomic E-state index is 2.24. The third kappa shape index (κ3) is 8.41. The minimum atomic E-state index is 1.25. The van der Waals surface area contributed by atoms with Crippen molar-refractivity contribution in [2.75, 3.05) is 0 Å². The molecule has 7 aromatic rings. The van der Waals surface area contributed by atoms with Crippen LogP contribution in [0.2, 0.25) is 0 Å². The first-order chi connectivity index (χ1) is 20.3. The van der Waals surface area contributed by atoms with Crippen LogP contribution in [0.4, 0.5) is 0 Å². The molecule has 7 rings (SSSR count). The first kappa shape index (κ1) is 33.0. The molecule has 7 aromatic carbocycles. The van der Waals surface area contributed by atoms with Gasteiger partial charge in [-0.05, 0) is 66.0 Å². The average Bonchev–Trinajstić information content (AvgIpc) is 3.07. The van der Waals surface area contributed by atoms with E-state index in [1.54, 1.807) is 0 Å². The first-order valence-corrected chi connectivity index (χ1v) is 15.4. The van der Waals surface area contributed by atoms with E-state index in [1.165, 1.54) is 60.3 Å². The lowest BCUT2D eigenvalue weighted by molar-refractivity contribution is 1.09. The molecule has 0 saturated heterocycles. The number of fused-ring (bicyclic) bond motifs is 7. The normalized spacial score (nSPS) is 9.56. The molecule has 0 N–H and O–H groups in total. The van der Waals surface area contributed by atoms with Crippen LogP contribution in [0.25, 0.3) is 53.9 Å². The zero-order valence-electron chi connectivity index (χ0n) is 26.4. The van der Waals surface area contributed by atoms with E-state index in [0.29, 0.717) is 0 Å². The summed E-state index contributed by atoms with van der Waals surface area (Å²) in [6, 6.07) is 47.4. The van der Waals surface area contributed by atoms with Crippen molar-refractivity contribution in [3.8, 4) is 0 Å². The molecule has 0 aliphatic heterocycles. The molecule has 0 radical (unpaired) electrons. The van der Waals surface area contributed by atoms with Crippen molar-refractivity contribution in [1.82, 2.24) is 0 Å². The molecule has 0 unspecified atom stereocenters. The quantitative estimate of drug-likeness (QED) is 0.132. The third-order valence-corrected chi connectivity index (χ3v) is 6.25. The number of hydrogen-bond acceptors (Lipinski definition) is 0. The highest BCUT2D eigenvalue weighted by Crippen LogP contribution is 2.31. The summed E-state index contributed by atoms with van der Waals surface area (Å²) in [6.07, 6.45) is 1.25. The fourth-order valence-corrected chi connectivity index (χ4v) is 4.66. The minimum absolute atomic E-state index is 1.25. The van der Waals surface area contributed by atoms with Gasteiger partial charge in [0, 0.05) is 0 Å². The Morgan fingerprint density at radius 3 is 0.878 bits per heavy atom. The van der Waals surface area contributed by atoms with Gasteiger partial charge in [-0.1, -0.05) is 183 Å². The molecule has 0 bridgehead atoms. The van der Waals surface area contributed by atoms with Crippen molar-refractivity contribution in [3.05, 3.63) is 133 Å². The van der Waals surface area contributed by atoms with Gasteiger partial charge in [-0.2, -0.15) is 0 Å². The molecule has 0 amide bonds. The van der Waals surface area contributed by atoms with Crippen LogP contribution >= 0.6 is 0 Å². The van der Waals surface area contributed by atoms with E-state index in [1.807, 2.05) is 41.5 Å². The Labute approximate surface area is 248 Å². The predicted octanol–water partition coefficient (Wildman–Crippen LogP) is 13.6. The van der Waals surface area contributed by atoms with Crippen molar-refractivity contribution in [2.24, 2.45) is 0 Å². The summed E-state index contributed by atoms with van der Waals surface area (Å²) < 4.78 is 0. The predicted molar refractivity (Wildman–Crippen MR) is 190 cm³/mol. The van der Waals surface area contributed by atoms with Gasteiger partial charge < -0.3 is 0 Å². The maximum absolute atomic E-state index is 2.24. The molecule has 0 aromatic heterocycles. The fraction of sp³-hybridized carbons (Fsp3) is 0.220. The average molecular weight is 541 g/mol. The zero-order chi connectivity index (χ0) is 30.0. The van der Waals surface area contributed by atoms with Gasteiger partial charge >= 0.3 is 0 Å². The van der Waals surface area contributed by atoms with E-state index in [4.69, 9.17) is 0 Å². The summed E-state index contributed by atoms with van der Waals surface area (Å²) in [5, 5.41) is 13.2. The van der Waals surface area contributed by atoms with Crippen molar-refractivity contribution in [2.45, 2.75) is 61.8 Å². The molecule has 41 heavy (non-hydrogen) atoms. The lowest BCUT2D eigenvalue weighted by Crippen LogP contribution is -1.80. The highest BCUT2D eigenvalue weighted by Gasteiger charge is 2.04. The van der Waals surface area contributed by atoms with Crippen LogP contribution in [0.5, 0.6) is 0 Å². The summed E-state index contributed by atoms with van der Waals surface area (Å²) in [5.74, 6) is 0. The van der Waals surface area contributed by atoms with Crippen molar-refractivity contribution in [3.63, 3.8) is 0 Å². The fourth-order valence-electron chi connectivity index (χ4n) is 4.66. The minimum Gasteiger partial charge on any atom is -0.0683 e. The number of benzene rings is 7. The van der Waals surface area contributed by atoms with Gasteiger partial charge in [0.1, 0.15) is 0 Å². The van der Waals surface area contributed by atoms with Crippen LogP contribution in [0.3, 0.4) is 0 Å². The van der Waals surface area contributed by atoms with Crippen molar-refractivity contribution in [1.29, 1.82) is 0 Å². The Balaban J connectivity index is 0.000000229. The standard InChI is InChI=1S/C18H12.C14H10.C3H8.3C2H6/c1-3-7-16-13(5-1)9-11-15-12-10-14-6-2-4-8-17(14)18(15)16;1-2-6-12-10-14-8-4-3-7-13(14)9-11(12)5-1;1-3-2;3*1-2/h1-12H;1-10H;3H2,1-2H3;3*1-2H3. The molecule has 0 saturated carbocycles. The van der Waals surface area contributed by atoms with Crippen molar-refractivity contribution >= 4 is 53.9 Å². The second kappa shape index (κ2) is 18.2. The Morgan fingerprint density at radius 2 is 0.561 bits per heavy atom. The number of rotatable bonds is 0. The van der Waals surface area contributed by atoms with Gasteiger partial charge in [0.2, 0.25) is 0 Å². The smallest absolute Gasteiger partial charge is 0.00268 e. The molecule has 0 heteroatoms. The summed E-state index contributed by atoms with van der Waals surface area (Å²) in [5.41, 5.74) is 0. The summed E-state index contributed by atoms with van der Waals surface area (Å²) in [6.45, 7) is 16.2. The molecular weight excluding hydrogens is 492 g/mol. The second-order valence-electron chi connectivity index (χ2n) is 8.93. The van der Waals surface area contributed by atoms with Gasteiger partial charge in [0.15, 0.2) is 0 Å². The maximum Gasteiger partial charge on any atom is -0.00268 e. The lowest BCUT2D eigenvalue weighted by Gasteiger charge is -2.07. The Kier molecular flexibility index (Phi) is 14.7. The van der Waals surface area contributed by atoms with Gasteiger partial charge in [-0.3, -0.25) is 0 Å². The van der Waals surface area contributed by atoms with Crippen molar-refractivity contribution < 1.29 is 0 Å². The van der Waals surface area contributed by atoms with E-state index in [-0.39, 0.29) is 0 Å². The molecule has 0 aliphatic rings. The largest absolute Gasteiger partial charge is 0.0683 e. The van der Waals surface area contributed by atoms with Crippen LogP contribution < -0.4 is 0 Å². The monoisotopic (exact) mass is 540 g/mol. The highest BCUT2D eigenvalue weighted by atomic mass is 14.1. The molecule has 212 valence electrons. The van der Waals surface area contributed by atoms with Gasteiger partial charge in [0.05, 0.1) is 0 Å². The van der Waals surface area contributed by atoms with E-state index < -0.39 is 0 Å². The Morgan fingerprint density at radius 1 is 0.317 bits per heavy atom. The molecule has 0 spiro atoms. The van der Waals surface area contributed by atoms with Crippen LogP contribution in [0.15, 0.2) is 133 Å². The molecule has 0 fully saturated rings. The SMILES string of the molecule is CC.CC.CC.CCC.c1ccc2c(c1)ccc1ccc3ccccc3c12.c1ccc2cc3ccccc3cc2c1. The first-order valence-electron chi connectivity index (χ1n) is 15.4. The van der Waals surface area contributed by atoms with Crippen LogP contribution in [-0.2, 0) is 0 Å². The zero-order valence-corrected chi connectivity index (χ0v) is 26.4. The molecule has 0 aliphatic carbocycles. The van der Waals surface area contributed by atoms with Crippen LogP contribution in [0.1, 0.15) is 61.8 Å². The van der Waals surface area contributed by atoms with Gasteiger partial charge in [-0.25, -0.2) is 0 Å². The van der Waals surface area contributed by atoms with Crippen LogP contribution in [0, 0.1) is 0 Å². The summed E-state index contributed by atoms with van der Waals surface area (Å²) in [7, 11) is 0. The molecule has 0 nitrogen and oxygen atoms in total. The lowest BCUT2D eigenvalue weighted by atomic mass is 9.97. The summed E-state index contributed by atoms with van der Waals surface area (Å²) in [4.78, 5) is 0. The van der Waals surface area contributed by atoms with Gasteiger partial charge in [-0.15, -0.1) is 0 Å². The number of hydrogen-bond donors (Lipinski definition) is 0. The Hall–Kier alpha value is -4.16. The van der Waals surface area contributed by atoms with E-state index in [0.717, 1.165) is 0 Å². The topological polar surface area (TPSA) is 0 Å². The highest BCUT2D eigenvalue weighted by molar-refractivity contribution is 6.20. The third-order valence-electron chi connectivity index (χ3n) is 6.25. The van der Waals surface area contributed by atoms with Gasteiger partial charge in [0.25, 0.3) is 0 Å². The van der Waals surface area contributed by atoms with E-state index >= 15 is 0 Å². The molecular formula is C41H48. The molecule has 0 heterocycles. The van der Waals surface area contributed by atoms with E-state index in [9.17, 15) is 0 Å². The second-order valence-corrected chi connectivity index (χ2v) is 8.93. The van der Waals surface area contributed by atoms with E-state index in [2.05, 4.69) is 147 Å². The molecule has 0 atom stereocenters.